The molecule has 1 saturated carbocycles. The van der Waals surface area contributed by atoms with Crippen molar-refractivity contribution < 1.29 is 26.7 Å². The maximum absolute atomic E-state index is 12.5. The summed E-state index contributed by atoms with van der Waals surface area (Å²) in [6.07, 6.45) is -2.99. The topological polar surface area (TPSA) is 66.4 Å². The third kappa shape index (κ3) is 3.76. The fourth-order valence-electron chi connectivity index (χ4n) is 1.60. The van der Waals surface area contributed by atoms with Gasteiger partial charge in [0.1, 0.15) is 5.75 Å². The molecule has 8 heteroatoms. The second-order valence-corrected chi connectivity index (χ2v) is 6.32. The highest BCUT2D eigenvalue weighted by atomic mass is 32.2. The Hall–Kier alpha value is -1.44. The average Bonchev–Trinajstić information content (AvgIpc) is 3.02. The Morgan fingerprint density at radius 2 is 1.95 bits per heavy atom. The molecule has 1 fully saturated rings. The summed E-state index contributed by atoms with van der Waals surface area (Å²) in [6.45, 7) is 0. The lowest BCUT2D eigenvalue weighted by atomic mass is 10.2. The van der Waals surface area contributed by atoms with E-state index in [0.717, 1.165) is 18.9 Å². The SMILES string of the molecule is O=S(=O)(CC1CC1)Nc1cc(C(F)(F)F)ccc1O. The zero-order valence-corrected chi connectivity index (χ0v) is 10.6. The summed E-state index contributed by atoms with van der Waals surface area (Å²) >= 11 is 0. The van der Waals surface area contributed by atoms with Gasteiger partial charge in [-0.05, 0) is 37.0 Å². The van der Waals surface area contributed by atoms with E-state index in [9.17, 15) is 26.7 Å². The van der Waals surface area contributed by atoms with E-state index in [0.29, 0.717) is 12.1 Å². The fourth-order valence-corrected chi connectivity index (χ4v) is 3.13. The van der Waals surface area contributed by atoms with E-state index in [1.165, 1.54) is 0 Å². The van der Waals surface area contributed by atoms with Crippen LogP contribution >= 0.6 is 0 Å². The lowest BCUT2D eigenvalue weighted by molar-refractivity contribution is -0.137. The van der Waals surface area contributed by atoms with Gasteiger partial charge in [0, 0.05) is 0 Å². The third-order valence-electron chi connectivity index (χ3n) is 2.74. The average molecular weight is 295 g/mol. The lowest BCUT2D eigenvalue weighted by Gasteiger charge is -2.12. The number of hydrogen-bond donors (Lipinski definition) is 2. The quantitative estimate of drug-likeness (QED) is 0.839. The molecule has 0 amide bonds. The van der Waals surface area contributed by atoms with Crippen LogP contribution in [0.1, 0.15) is 18.4 Å². The molecule has 1 aromatic rings. The first kappa shape index (κ1) is 14.0. The molecule has 0 saturated heterocycles. The molecule has 1 aliphatic carbocycles. The summed E-state index contributed by atoms with van der Waals surface area (Å²) in [6, 6.07) is 2.09. The van der Waals surface area contributed by atoms with Crippen molar-refractivity contribution in [1.29, 1.82) is 0 Å². The van der Waals surface area contributed by atoms with Crippen LogP contribution in [0, 0.1) is 5.92 Å². The third-order valence-corrected chi connectivity index (χ3v) is 4.18. The maximum Gasteiger partial charge on any atom is 0.416 e. The molecular formula is C11H12F3NO3S. The van der Waals surface area contributed by atoms with Crippen LogP contribution in [0.3, 0.4) is 0 Å². The van der Waals surface area contributed by atoms with E-state index in [1.54, 1.807) is 0 Å². The minimum Gasteiger partial charge on any atom is -0.506 e. The van der Waals surface area contributed by atoms with Crippen LogP contribution in [0.2, 0.25) is 0 Å². The van der Waals surface area contributed by atoms with Crippen molar-refractivity contribution in [2.45, 2.75) is 19.0 Å². The number of phenolic OH excluding ortho intramolecular Hbond substituents is 1. The lowest BCUT2D eigenvalue weighted by Crippen LogP contribution is -2.18. The Labute approximate surface area is 108 Å². The van der Waals surface area contributed by atoms with Crippen LogP contribution in [0.5, 0.6) is 5.75 Å². The first-order valence-electron chi connectivity index (χ1n) is 5.58. The van der Waals surface area contributed by atoms with E-state index in [1.807, 2.05) is 4.72 Å². The molecular weight excluding hydrogens is 283 g/mol. The predicted octanol–water partition coefficient (Wildman–Crippen LogP) is 2.56. The highest BCUT2D eigenvalue weighted by Gasteiger charge is 2.32. The number of hydrogen-bond acceptors (Lipinski definition) is 3. The Balaban J connectivity index is 2.23. The van der Waals surface area contributed by atoms with Crippen LogP contribution in [-0.4, -0.2) is 19.3 Å². The number of alkyl halides is 3. The highest BCUT2D eigenvalue weighted by Crippen LogP contribution is 2.36. The van der Waals surface area contributed by atoms with Crippen molar-refractivity contribution in [2.75, 3.05) is 10.5 Å². The molecule has 1 aromatic carbocycles. The van der Waals surface area contributed by atoms with Crippen molar-refractivity contribution in [3.05, 3.63) is 23.8 Å². The van der Waals surface area contributed by atoms with Gasteiger partial charge in [-0.3, -0.25) is 4.72 Å². The van der Waals surface area contributed by atoms with Gasteiger partial charge in [-0.15, -0.1) is 0 Å². The van der Waals surface area contributed by atoms with Gasteiger partial charge >= 0.3 is 6.18 Å². The molecule has 0 heterocycles. The Kier molecular flexibility index (Phi) is 3.38. The summed E-state index contributed by atoms with van der Waals surface area (Å²) in [5.74, 6) is -0.610. The Morgan fingerprint density at radius 3 is 2.47 bits per heavy atom. The largest absolute Gasteiger partial charge is 0.506 e. The van der Waals surface area contributed by atoms with Crippen LogP contribution in [0.4, 0.5) is 18.9 Å². The molecule has 0 atom stereocenters. The molecule has 0 bridgehead atoms. The minimum atomic E-state index is -4.59. The number of anilines is 1. The van der Waals surface area contributed by atoms with Crippen molar-refractivity contribution in [3.63, 3.8) is 0 Å². The zero-order valence-electron chi connectivity index (χ0n) is 9.74. The number of rotatable bonds is 4. The smallest absolute Gasteiger partial charge is 0.416 e. The van der Waals surface area contributed by atoms with Gasteiger partial charge in [0.2, 0.25) is 10.0 Å². The molecule has 1 aliphatic rings. The summed E-state index contributed by atoms with van der Waals surface area (Å²) in [5.41, 5.74) is -1.47. The fraction of sp³-hybridized carbons (Fsp3) is 0.455. The van der Waals surface area contributed by atoms with Gasteiger partial charge in [-0.2, -0.15) is 13.2 Å². The highest BCUT2D eigenvalue weighted by molar-refractivity contribution is 7.92. The predicted molar refractivity (Wildman–Crippen MR) is 63.2 cm³/mol. The summed E-state index contributed by atoms with van der Waals surface area (Å²) < 4.78 is 62.8. The van der Waals surface area contributed by atoms with E-state index in [-0.39, 0.29) is 11.7 Å². The van der Waals surface area contributed by atoms with E-state index < -0.39 is 33.2 Å². The number of benzene rings is 1. The molecule has 4 nitrogen and oxygen atoms in total. The Bertz CT molecular complexity index is 579. The number of halogens is 3. The van der Waals surface area contributed by atoms with Gasteiger partial charge in [0.05, 0.1) is 17.0 Å². The van der Waals surface area contributed by atoms with Crippen LogP contribution in [0.15, 0.2) is 18.2 Å². The molecule has 0 spiro atoms. The normalized spacial score (nSPS) is 16.4. The van der Waals surface area contributed by atoms with Crippen molar-refractivity contribution in [2.24, 2.45) is 5.92 Å². The van der Waals surface area contributed by atoms with Crippen LogP contribution in [0.25, 0.3) is 0 Å². The summed E-state index contributed by atoms with van der Waals surface area (Å²) in [5, 5.41) is 9.42. The standard InChI is InChI=1S/C11H12F3NO3S/c12-11(13,14)8-3-4-10(16)9(5-8)15-19(17,18)6-7-1-2-7/h3-5,7,15-16H,1-2,6H2. The molecule has 0 aliphatic heterocycles. The number of phenols is 1. The molecule has 0 aromatic heterocycles. The Morgan fingerprint density at radius 1 is 1.32 bits per heavy atom. The van der Waals surface area contributed by atoms with Crippen LogP contribution < -0.4 is 4.72 Å². The van der Waals surface area contributed by atoms with Gasteiger partial charge in [0.15, 0.2) is 0 Å². The van der Waals surface area contributed by atoms with Gasteiger partial charge < -0.3 is 5.11 Å². The molecule has 2 N–H and O–H groups in total. The van der Waals surface area contributed by atoms with Gasteiger partial charge in [-0.1, -0.05) is 0 Å². The number of aromatic hydroxyl groups is 1. The van der Waals surface area contributed by atoms with Crippen molar-refractivity contribution in [3.8, 4) is 5.75 Å². The summed E-state index contributed by atoms with van der Waals surface area (Å²) in [4.78, 5) is 0. The van der Waals surface area contributed by atoms with Crippen molar-refractivity contribution in [1.82, 2.24) is 0 Å². The van der Waals surface area contributed by atoms with E-state index in [4.69, 9.17) is 0 Å². The molecule has 0 unspecified atom stereocenters. The minimum absolute atomic E-state index is 0.0606. The van der Waals surface area contributed by atoms with Crippen molar-refractivity contribution >= 4 is 15.7 Å². The second-order valence-electron chi connectivity index (χ2n) is 4.56. The van der Waals surface area contributed by atoms with Gasteiger partial charge in [0.25, 0.3) is 0 Å². The second kappa shape index (κ2) is 4.59. The van der Waals surface area contributed by atoms with E-state index >= 15 is 0 Å². The first-order valence-corrected chi connectivity index (χ1v) is 7.23. The van der Waals surface area contributed by atoms with E-state index in [2.05, 4.69) is 0 Å². The maximum atomic E-state index is 12.5. The first-order chi connectivity index (χ1) is 8.67. The number of sulfonamides is 1. The summed E-state index contributed by atoms with van der Waals surface area (Å²) in [7, 11) is -3.73. The monoisotopic (exact) mass is 295 g/mol. The van der Waals surface area contributed by atoms with Gasteiger partial charge in [-0.25, -0.2) is 8.42 Å². The molecule has 106 valence electrons. The molecule has 0 radical (unpaired) electrons. The molecule has 2 rings (SSSR count). The molecule has 19 heavy (non-hydrogen) atoms. The zero-order chi connectivity index (χ0) is 14.3. The number of nitrogens with one attached hydrogen (secondary N) is 1. The van der Waals surface area contributed by atoms with Crippen LogP contribution in [-0.2, 0) is 16.2 Å².